The Morgan fingerprint density at radius 2 is 1.65 bits per heavy atom. The Morgan fingerprint density at radius 3 is 2.30 bits per heavy atom. The largest absolute Gasteiger partial charge is 0.495 e. The standard InChI is InChI=1S/C32H37Cl2N3O5S/c1-22-13-16-26(17-14-22)43(40,41)37(29-11-7-8-12-30(29)42-3)21-31(38)36(20-24-15-18-27(33)28(34)19-24)23(2)32(39)35-25-9-5-4-6-10-25/h7-8,11-19,23,25H,4-6,9-10,20-21H2,1-3H3,(H,35,39). The van der Waals surface area contributed by atoms with Crippen LogP contribution >= 0.6 is 23.2 Å². The van der Waals surface area contributed by atoms with E-state index in [0.29, 0.717) is 15.6 Å². The molecule has 0 aliphatic heterocycles. The molecule has 1 aliphatic carbocycles. The highest BCUT2D eigenvalue weighted by atomic mass is 35.5. The molecular formula is C32H37Cl2N3O5S. The lowest BCUT2D eigenvalue weighted by Crippen LogP contribution is -2.53. The van der Waals surface area contributed by atoms with Crippen LogP contribution in [0.3, 0.4) is 0 Å². The topological polar surface area (TPSA) is 96.0 Å². The zero-order valence-corrected chi connectivity index (χ0v) is 26.9. The summed E-state index contributed by atoms with van der Waals surface area (Å²) in [7, 11) is -2.78. The number of carbonyl (C=O) groups excluding carboxylic acids is 2. The highest BCUT2D eigenvalue weighted by Gasteiger charge is 2.34. The van der Waals surface area contributed by atoms with Crippen LogP contribution in [0.4, 0.5) is 5.69 Å². The fourth-order valence-corrected chi connectivity index (χ4v) is 6.92. The molecule has 43 heavy (non-hydrogen) atoms. The predicted molar refractivity (Wildman–Crippen MR) is 170 cm³/mol. The van der Waals surface area contributed by atoms with Gasteiger partial charge in [-0.2, -0.15) is 0 Å². The van der Waals surface area contributed by atoms with E-state index < -0.39 is 28.5 Å². The monoisotopic (exact) mass is 645 g/mol. The van der Waals surface area contributed by atoms with Crippen LogP contribution in [0.15, 0.2) is 71.6 Å². The van der Waals surface area contributed by atoms with Crippen molar-refractivity contribution in [1.29, 1.82) is 0 Å². The Kier molecular flexibility index (Phi) is 11.0. The number of halogens is 2. The highest BCUT2D eigenvalue weighted by Crippen LogP contribution is 2.33. The number of amides is 2. The SMILES string of the molecule is COc1ccccc1N(CC(=O)N(Cc1ccc(Cl)c(Cl)c1)C(C)C(=O)NC1CCCCC1)S(=O)(=O)c1ccc(C)cc1. The molecule has 1 unspecified atom stereocenters. The van der Waals surface area contributed by atoms with Crippen LogP contribution in [-0.4, -0.2) is 50.9 Å². The Hall–Kier alpha value is -3.27. The smallest absolute Gasteiger partial charge is 0.264 e. The number of methoxy groups -OCH3 is 1. The number of hydrogen-bond donors (Lipinski definition) is 1. The predicted octanol–water partition coefficient (Wildman–Crippen LogP) is 6.37. The van der Waals surface area contributed by atoms with Gasteiger partial charge in [-0.15, -0.1) is 0 Å². The Morgan fingerprint density at radius 1 is 0.977 bits per heavy atom. The van der Waals surface area contributed by atoms with Crippen LogP contribution in [-0.2, 0) is 26.2 Å². The molecule has 1 saturated carbocycles. The van der Waals surface area contributed by atoms with Crippen LogP contribution in [0.25, 0.3) is 0 Å². The van der Waals surface area contributed by atoms with Crippen molar-refractivity contribution in [1.82, 2.24) is 10.2 Å². The van der Waals surface area contributed by atoms with E-state index in [9.17, 15) is 18.0 Å². The van der Waals surface area contributed by atoms with Gasteiger partial charge in [0.2, 0.25) is 11.8 Å². The number of para-hydroxylation sites is 2. The second-order valence-corrected chi connectivity index (χ2v) is 13.5. The number of sulfonamides is 1. The fourth-order valence-electron chi connectivity index (χ4n) is 5.17. The minimum atomic E-state index is -4.22. The second-order valence-electron chi connectivity index (χ2n) is 10.8. The summed E-state index contributed by atoms with van der Waals surface area (Å²) in [6.45, 7) is 2.95. The van der Waals surface area contributed by atoms with Crippen LogP contribution in [0.2, 0.25) is 10.0 Å². The summed E-state index contributed by atoms with van der Waals surface area (Å²) >= 11 is 12.4. The van der Waals surface area contributed by atoms with Gasteiger partial charge in [0.25, 0.3) is 10.0 Å². The fraction of sp³-hybridized carbons (Fsp3) is 0.375. The quantitative estimate of drug-likeness (QED) is 0.261. The summed E-state index contributed by atoms with van der Waals surface area (Å²) in [5, 5.41) is 3.76. The van der Waals surface area contributed by atoms with Crippen LogP contribution in [0, 0.1) is 6.92 Å². The molecule has 4 rings (SSSR count). The maximum atomic E-state index is 14.2. The number of anilines is 1. The first-order chi connectivity index (χ1) is 20.5. The van der Waals surface area contributed by atoms with Crippen molar-refractivity contribution in [3.05, 3.63) is 87.9 Å². The molecule has 1 N–H and O–H groups in total. The number of rotatable bonds is 11. The third-order valence-corrected chi connectivity index (χ3v) is 10.2. The number of hydrogen-bond acceptors (Lipinski definition) is 5. The van der Waals surface area contributed by atoms with Crippen molar-refractivity contribution < 1.29 is 22.7 Å². The summed E-state index contributed by atoms with van der Waals surface area (Å²) in [5.41, 5.74) is 1.74. The highest BCUT2D eigenvalue weighted by molar-refractivity contribution is 7.92. The Balaban J connectivity index is 1.71. The summed E-state index contributed by atoms with van der Waals surface area (Å²) in [6, 6.07) is 17.1. The minimum absolute atomic E-state index is 0.0132. The maximum Gasteiger partial charge on any atom is 0.264 e. The molecular weight excluding hydrogens is 609 g/mol. The van der Waals surface area contributed by atoms with Gasteiger partial charge in [0, 0.05) is 12.6 Å². The molecule has 11 heteroatoms. The minimum Gasteiger partial charge on any atom is -0.495 e. The molecule has 0 radical (unpaired) electrons. The number of nitrogens with zero attached hydrogens (tertiary/aromatic N) is 2. The lowest BCUT2D eigenvalue weighted by molar-refractivity contribution is -0.139. The zero-order valence-electron chi connectivity index (χ0n) is 24.6. The van der Waals surface area contributed by atoms with Crippen LogP contribution in [0.5, 0.6) is 5.75 Å². The van der Waals surface area contributed by atoms with Gasteiger partial charge in [0.05, 0.1) is 27.7 Å². The van der Waals surface area contributed by atoms with Gasteiger partial charge in [0.15, 0.2) is 0 Å². The van der Waals surface area contributed by atoms with E-state index >= 15 is 0 Å². The molecule has 2 amide bonds. The molecule has 0 aromatic heterocycles. The normalized spacial score (nSPS) is 14.5. The lowest BCUT2D eigenvalue weighted by atomic mass is 9.95. The number of aryl methyl sites for hydroxylation is 1. The van der Waals surface area contributed by atoms with E-state index in [1.807, 2.05) is 6.92 Å². The third kappa shape index (κ3) is 8.02. The van der Waals surface area contributed by atoms with Gasteiger partial charge in [-0.05, 0) is 68.7 Å². The molecule has 3 aromatic carbocycles. The number of carbonyl (C=O) groups is 2. The van der Waals surface area contributed by atoms with Gasteiger partial charge in [-0.25, -0.2) is 8.42 Å². The average molecular weight is 647 g/mol. The van der Waals surface area contributed by atoms with Gasteiger partial charge < -0.3 is 15.0 Å². The first-order valence-electron chi connectivity index (χ1n) is 14.3. The van der Waals surface area contributed by atoms with E-state index in [0.717, 1.165) is 42.0 Å². The van der Waals surface area contributed by atoms with E-state index in [1.54, 1.807) is 61.5 Å². The molecule has 1 atom stereocenters. The summed E-state index contributed by atoms with van der Waals surface area (Å²) < 4.78 is 34.7. The summed E-state index contributed by atoms with van der Waals surface area (Å²) in [4.78, 5) is 29.1. The molecule has 1 fully saturated rings. The van der Waals surface area contributed by atoms with Gasteiger partial charge >= 0.3 is 0 Å². The average Bonchev–Trinajstić information content (AvgIpc) is 3.00. The molecule has 1 aliphatic rings. The molecule has 0 bridgehead atoms. The summed E-state index contributed by atoms with van der Waals surface area (Å²) in [5.74, 6) is -0.588. The Bertz CT molecular complexity index is 1540. The summed E-state index contributed by atoms with van der Waals surface area (Å²) in [6.07, 6.45) is 4.98. The lowest BCUT2D eigenvalue weighted by Gasteiger charge is -2.33. The second kappa shape index (κ2) is 14.5. The van der Waals surface area contributed by atoms with Crippen LogP contribution in [0.1, 0.15) is 50.2 Å². The number of ether oxygens (including phenoxy) is 1. The van der Waals surface area contributed by atoms with Crippen molar-refractivity contribution in [3.63, 3.8) is 0 Å². The van der Waals surface area contributed by atoms with E-state index in [4.69, 9.17) is 27.9 Å². The number of nitrogens with one attached hydrogen (secondary N) is 1. The molecule has 0 spiro atoms. The van der Waals surface area contributed by atoms with Crippen LogP contribution < -0.4 is 14.4 Å². The van der Waals surface area contributed by atoms with Gasteiger partial charge in [-0.1, -0.05) is 78.4 Å². The van der Waals surface area contributed by atoms with E-state index in [-0.39, 0.29) is 34.8 Å². The maximum absolute atomic E-state index is 14.2. The van der Waals surface area contributed by atoms with Crippen molar-refractivity contribution in [2.75, 3.05) is 18.0 Å². The van der Waals surface area contributed by atoms with Gasteiger partial charge in [0.1, 0.15) is 18.3 Å². The van der Waals surface area contributed by atoms with Gasteiger partial charge in [-0.3, -0.25) is 13.9 Å². The molecule has 3 aromatic rings. The molecule has 8 nitrogen and oxygen atoms in total. The number of benzene rings is 3. The zero-order chi connectivity index (χ0) is 31.1. The van der Waals surface area contributed by atoms with Crippen molar-refractivity contribution >= 4 is 50.7 Å². The van der Waals surface area contributed by atoms with E-state index in [1.165, 1.54) is 24.1 Å². The van der Waals surface area contributed by atoms with Crippen molar-refractivity contribution in [2.45, 2.75) is 69.5 Å². The van der Waals surface area contributed by atoms with Crippen molar-refractivity contribution in [3.8, 4) is 5.75 Å². The third-order valence-electron chi connectivity index (χ3n) is 7.70. The first-order valence-corrected chi connectivity index (χ1v) is 16.5. The first kappa shape index (κ1) is 32.6. The molecule has 230 valence electrons. The Labute approximate surface area is 264 Å². The van der Waals surface area contributed by atoms with Crippen molar-refractivity contribution in [2.24, 2.45) is 0 Å². The van der Waals surface area contributed by atoms with E-state index in [2.05, 4.69) is 5.32 Å². The molecule has 0 heterocycles. The molecule has 0 saturated heterocycles.